The molecule has 4 nitrogen and oxygen atoms in total. The Balaban J connectivity index is 2.49. The number of rotatable bonds is 11. The maximum Gasteiger partial charge on any atom is 0.222 e. The first kappa shape index (κ1) is 18.2. The van der Waals surface area contributed by atoms with Gasteiger partial charge in [-0.2, -0.15) is 0 Å². The maximum atomic E-state index is 12.4. The summed E-state index contributed by atoms with van der Waals surface area (Å²) in [4.78, 5) is 25.1. The number of hydrogen-bond acceptors (Lipinski definition) is 2. The molecule has 1 aromatic rings. The lowest BCUT2D eigenvalue weighted by Crippen LogP contribution is -2.33. The Labute approximate surface area is 133 Å². The summed E-state index contributed by atoms with van der Waals surface area (Å²) in [5, 5.41) is 0. The van der Waals surface area contributed by atoms with Crippen LogP contribution in [0.1, 0.15) is 57.4 Å². The molecule has 0 spiro atoms. The van der Waals surface area contributed by atoms with Gasteiger partial charge in [0.25, 0.3) is 0 Å². The lowest BCUT2D eigenvalue weighted by molar-refractivity contribution is -0.132. The molecule has 0 aromatic heterocycles. The fourth-order valence-electron chi connectivity index (χ4n) is 2.38. The normalized spacial score (nSPS) is 10.4. The topological polar surface area (TPSA) is 63.4 Å². The highest BCUT2D eigenvalue weighted by Gasteiger charge is 2.14. The van der Waals surface area contributed by atoms with Crippen molar-refractivity contribution in [3.05, 3.63) is 35.9 Å². The van der Waals surface area contributed by atoms with E-state index in [4.69, 9.17) is 5.73 Å². The fourth-order valence-corrected chi connectivity index (χ4v) is 2.38. The SMILES string of the molecule is CCCCCCCC(=O)N(CCC(N)=O)Cc1ccccc1. The third kappa shape index (κ3) is 7.81. The Morgan fingerprint density at radius 1 is 1.00 bits per heavy atom. The van der Waals surface area contributed by atoms with Crippen LogP contribution in [0.3, 0.4) is 0 Å². The van der Waals surface area contributed by atoms with E-state index in [9.17, 15) is 9.59 Å². The first-order valence-corrected chi connectivity index (χ1v) is 8.23. The van der Waals surface area contributed by atoms with E-state index in [0.29, 0.717) is 19.5 Å². The average molecular weight is 304 g/mol. The molecular weight excluding hydrogens is 276 g/mol. The van der Waals surface area contributed by atoms with Gasteiger partial charge in [-0.15, -0.1) is 0 Å². The second kappa shape index (κ2) is 10.8. The Bertz CT molecular complexity index is 446. The van der Waals surface area contributed by atoms with Crippen molar-refractivity contribution in [1.82, 2.24) is 4.90 Å². The molecule has 0 heterocycles. The summed E-state index contributed by atoms with van der Waals surface area (Å²) < 4.78 is 0. The minimum absolute atomic E-state index is 0.113. The lowest BCUT2D eigenvalue weighted by atomic mass is 10.1. The summed E-state index contributed by atoms with van der Waals surface area (Å²) in [5.41, 5.74) is 6.29. The molecule has 0 bridgehead atoms. The molecule has 1 aromatic carbocycles. The molecule has 0 fully saturated rings. The molecule has 0 aliphatic rings. The van der Waals surface area contributed by atoms with Crippen molar-refractivity contribution in [2.24, 2.45) is 5.73 Å². The van der Waals surface area contributed by atoms with Crippen LogP contribution in [0.15, 0.2) is 30.3 Å². The number of carbonyl (C=O) groups excluding carboxylic acids is 2. The quantitative estimate of drug-likeness (QED) is 0.638. The zero-order valence-corrected chi connectivity index (χ0v) is 13.6. The highest BCUT2D eigenvalue weighted by molar-refractivity contribution is 5.78. The van der Waals surface area contributed by atoms with Gasteiger partial charge in [0.05, 0.1) is 0 Å². The van der Waals surface area contributed by atoms with Crippen LogP contribution in [0.2, 0.25) is 0 Å². The monoisotopic (exact) mass is 304 g/mol. The largest absolute Gasteiger partial charge is 0.370 e. The smallest absolute Gasteiger partial charge is 0.222 e. The predicted molar refractivity (Wildman–Crippen MR) is 89.0 cm³/mol. The Morgan fingerprint density at radius 3 is 2.32 bits per heavy atom. The van der Waals surface area contributed by atoms with Crippen LogP contribution in [-0.4, -0.2) is 23.3 Å². The number of benzene rings is 1. The number of carbonyl (C=O) groups is 2. The van der Waals surface area contributed by atoms with E-state index >= 15 is 0 Å². The van der Waals surface area contributed by atoms with Crippen molar-refractivity contribution >= 4 is 11.8 Å². The molecule has 0 saturated carbocycles. The molecule has 0 saturated heterocycles. The Hall–Kier alpha value is -1.84. The van der Waals surface area contributed by atoms with Crippen molar-refractivity contribution < 1.29 is 9.59 Å². The Kier molecular flexibility index (Phi) is 8.96. The Morgan fingerprint density at radius 2 is 1.68 bits per heavy atom. The van der Waals surface area contributed by atoms with Crippen LogP contribution >= 0.6 is 0 Å². The first-order valence-electron chi connectivity index (χ1n) is 8.23. The number of amides is 2. The van der Waals surface area contributed by atoms with E-state index in [2.05, 4.69) is 6.92 Å². The van der Waals surface area contributed by atoms with Gasteiger partial charge < -0.3 is 10.6 Å². The lowest BCUT2D eigenvalue weighted by Gasteiger charge is -2.22. The van der Waals surface area contributed by atoms with Gasteiger partial charge in [0.2, 0.25) is 11.8 Å². The minimum Gasteiger partial charge on any atom is -0.370 e. The minimum atomic E-state index is -0.367. The van der Waals surface area contributed by atoms with Gasteiger partial charge in [-0.3, -0.25) is 9.59 Å². The number of hydrogen-bond donors (Lipinski definition) is 1. The van der Waals surface area contributed by atoms with E-state index in [1.54, 1.807) is 4.90 Å². The average Bonchev–Trinajstić information content (AvgIpc) is 2.51. The molecular formula is C18H28N2O2. The zero-order chi connectivity index (χ0) is 16.2. The van der Waals surface area contributed by atoms with E-state index < -0.39 is 0 Å². The fraction of sp³-hybridized carbons (Fsp3) is 0.556. The standard InChI is InChI=1S/C18H28N2O2/c1-2-3-4-5-9-12-18(22)20(14-13-17(19)21)15-16-10-7-6-8-11-16/h6-8,10-11H,2-5,9,12-15H2,1H3,(H2,19,21). The number of primary amides is 1. The highest BCUT2D eigenvalue weighted by atomic mass is 16.2. The number of nitrogens with zero attached hydrogens (tertiary/aromatic N) is 1. The first-order chi connectivity index (χ1) is 10.6. The summed E-state index contributed by atoms with van der Waals surface area (Å²) in [7, 11) is 0. The van der Waals surface area contributed by atoms with Crippen LogP contribution in [-0.2, 0) is 16.1 Å². The van der Waals surface area contributed by atoms with Crippen LogP contribution in [0.25, 0.3) is 0 Å². The zero-order valence-electron chi connectivity index (χ0n) is 13.6. The molecule has 0 aliphatic heterocycles. The van der Waals surface area contributed by atoms with Crippen LogP contribution in [0, 0.1) is 0 Å². The molecule has 0 radical (unpaired) electrons. The van der Waals surface area contributed by atoms with Crippen molar-refractivity contribution in [3.63, 3.8) is 0 Å². The second-order valence-electron chi connectivity index (χ2n) is 5.68. The van der Waals surface area contributed by atoms with E-state index in [1.165, 1.54) is 19.3 Å². The van der Waals surface area contributed by atoms with Crippen LogP contribution in [0.5, 0.6) is 0 Å². The number of unbranched alkanes of at least 4 members (excludes halogenated alkanes) is 4. The van der Waals surface area contributed by atoms with Gasteiger partial charge in [-0.1, -0.05) is 62.9 Å². The summed E-state index contributed by atoms with van der Waals surface area (Å²) in [6, 6.07) is 9.85. The van der Waals surface area contributed by atoms with Crippen molar-refractivity contribution in [2.45, 2.75) is 58.4 Å². The second-order valence-corrected chi connectivity index (χ2v) is 5.68. The third-order valence-corrected chi connectivity index (χ3v) is 3.69. The molecule has 4 heteroatoms. The van der Waals surface area contributed by atoms with E-state index in [0.717, 1.165) is 18.4 Å². The van der Waals surface area contributed by atoms with Gasteiger partial charge in [-0.05, 0) is 12.0 Å². The molecule has 0 unspecified atom stereocenters. The van der Waals surface area contributed by atoms with Crippen molar-refractivity contribution in [3.8, 4) is 0 Å². The molecule has 122 valence electrons. The molecule has 22 heavy (non-hydrogen) atoms. The van der Waals surface area contributed by atoms with Crippen LogP contribution in [0.4, 0.5) is 0 Å². The molecule has 2 amide bonds. The third-order valence-electron chi connectivity index (χ3n) is 3.69. The molecule has 0 atom stereocenters. The summed E-state index contributed by atoms with van der Waals surface area (Å²) in [6.07, 6.45) is 6.39. The van der Waals surface area contributed by atoms with Gasteiger partial charge in [-0.25, -0.2) is 0 Å². The summed E-state index contributed by atoms with van der Waals surface area (Å²) in [6.45, 7) is 3.12. The molecule has 1 rings (SSSR count). The van der Waals surface area contributed by atoms with Gasteiger partial charge in [0, 0.05) is 25.9 Å². The molecule has 0 aliphatic carbocycles. The van der Waals surface area contributed by atoms with Gasteiger partial charge in [0.1, 0.15) is 0 Å². The predicted octanol–water partition coefficient (Wildman–Crippen LogP) is 3.25. The number of nitrogens with two attached hydrogens (primary N) is 1. The van der Waals surface area contributed by atoms with Crippen LogP contribution < -0.4 is 5.73 Å². The van der Waals surface area contributed by atoms with Gasteiger partial charge in [0.15, 0.2) is 0 Å². The maximum absolute atomic E-state index is 12.4. The van der Waals surface area contributed by atoms with Crippen molar-refractivity contribution in [2.75, 3.05) is 6.54 Å². The summed E-state index contributed by atoms with van der Waals surface area (Å²) in [5.74, 6) is -0.254. The highest BCUT2D eigenvalue weighted by Crippen LogP contribution is 2.11. The van der Waals surface area contributed by atoms with E-state index in [-0.39, 0.29) is 18.2 Å². The molecule has 2 N–H and O–H groups in total. The summed E-state index contributed by atoms with van der Waals surface area (Å²) >= 11 is 0. The van der Waals surface area contributed by atoms with E-state index in [1.807, 2.05) is 30.3 Å². The van der Waals surface area contributed by atoms with Gasteiger partial charge >= 0.3 is 0 Å². The van der Waals surface area contributed by atoms with Crippen molar-refractivity contribution in [1.29, 1.82) is 0 Å².